The van der Waals surface area contributed by atoms with Gasteiger partial charge in [-0.2, -0.15) is 5.10 Å². The van der Waals surface area contributed by atoms with Gasteiger partial charge in [0, 0.05) is 5.69 Å². The fourth-order valence-electron chi connectivity index (χ4n) is 1.97. The fourth-order valence-corrected chi connectivity index (χ4v) is 1.97. The number of hydrogen-bond donors (Lipinski definition) is 2. The Kier molecular flexibility index (Phi) is 3.38. The van der Waals surface area contributed by atoms with Gasteiger partial charge in [-0.15, -0.1) is 0 Å². The minimum atomic E-state index is -0.765. The molecule has 1 heterocycles. The van der Waals surface area contributed by atoms with Crippen LogP contribution in [0.2, 0.25) is 0 Å². The van der Waals surface area contributed by atoms with Gasteiger partial charge in [-0.05, 0) is 42.5 Å². The molecule has 0 saturated heterocycles. The van der Waals surface area contributed by atoms with E-state index in [0.717, 1.165) is 6.07 Å². The van der Waals surface area contributed by atoms with Crippen molar-refractivity contribution in [3.63, 3.8) is 0 Å². The highest BCUT2D eigenvalue weighted by atomic mass is 19.1. The van der Waals surface area contributed by atoms with E-state index in [1.54, 1.807) is 0 Å². The van der Waals surface area contributed by atoms with Gasteiger partial charge in [0.15, 0.2) is 5.69 Å². The quantitative estimate of drug-likeness (QED) is 0.763. The Balaban J connectivity index is 1.99. The third kappa shape index (κ3) is 2.56. The molecule has 7 heteroatoms. The molecule has 0 atom stereocenters. The number of amides is 1. The molecule has 22 heavy (non-hydrogen) atoms. The Hall–Kier alpha value is -3.09. The average Bonchev–Trinajstić information content (AvgIpc) is 2.50. The zero-order valence-electron chi connectivity index (χ0n) is 11.1. The minimum absolute atomic E-state index is 0.0271. The fraction of sp³-hybridized carbons (Fsp3) is 0. The van der Waals surface area contributed by atoms with Crippen LogP contribution in [0.25, 0.3) is 10.9 Å². The number of fused-ring (bicyclic) bond motifs is 1. The second-order valence-corrected chi connectivity index (χ2v) is 4.55. The van der Waals surface area contributed by atoms with Crippen molar-refractivity contribution in [2.75, 3.05) is 5.32 Å². The van der Waals surface area contributed by atoms with Crippen LogP contribution in [0.3, 0.4) is 0 Å². The van der Waals surface area contributed by atoms with Crippen LogP contribution in [0, 0.1) is 11.6 Å². The molecule has 0 unspecified atom stereocenters. The molecule has 0 spiro atoms. The Morgan fingerprint density at radius 1 is 1.05 bits per heavy atom. The standard InChI is InChI=1S/C15H9F2N3O2/c16-8-1-4-10(5-2-8)18-15(22)13-14(21)11-7-9(17)3-6-12(11)19-20-13/h1-7H,(H,18,22)(H,19,21). The third-order valence-corrected chi connectivity index (χ3v) is 3.05. The number of aromatic amines is 1. The second-order valence-electron chi connectivity index (χ2n) is 4.55. The molecular formula is C15H9F2N3O2. The molecule has 1 aromatic heterocycles. The molecule has 2 N–H and O–H groups in total. The maximum absolute atomic E-state index is 13.2. The van der Waals surface area contributed by atoms with Gasteiger partial charge in [0.25, 0.3) is 5.91 Å². The van der Waals surface area contributed by atoms with Crippen molar-refractivity contribution in [1.29, 1.82) is 0 Å². The number of H-pyrrole nitrogens is 1. The van der Waals surface area contributed by atoms with E-state index in [1.165, 1.54) is 36.4 Å². The Bertz CT molecular complexity index is 920. The van der Waals surface area contributed by atoms with Crippen LogP contribution in [0.4, 0.5) is 14.5 Å². The lowest BCUT2D eigenvalue weighted by atomic mass is 10.2. The summed E-state index contributed by atoms with van der Waals surface area (Å²) in [4.78, 5) is 24.3. The average molecular weight is 301 g/mol. The van der Waals surface area contributed by atoms with Gasteiger partial charge in [-0.25, -0.2) is 8.78 Å². The molecule has 0 bridgehead atoms. The molecule has 3 aromatic rings. The number of nitrogens with zero attached hydrogens (tertiary/aromatic N) is 1. The molecule has 0 saturated carbocycles. The number of hydrogen-bond acceptors (Lipinski definition) is 3. The van der Waals surface area contributed by atoms with Crippen molar-refractivity contribution in [2.45, 2.75) is 0 Å². The van der Waals surface area contributed by atoms with Crippen molar-refractivity contribution >= 4 is 22.5 Å². The lowest BCUT2D eigenvalue weighted by Crippen LogP contribution is -2.24. The summed E-state index contributed by atoms with van der Waals surface area (Å²) < 4.78 is 26.0. The van der Waals surface area contributed by atoms with Crippen LogP contribution < -0.4 is 10.7 Å². The van der Waals surface area contributed by atoms with E-state index in [9.17, 15) is 18.4 Å². The van der Waals surface area contributed by atoms with E-state index in [2.05, 4.69) is 15.5 Å². The maximum Gasteiger partial charge on any atom is 0.280 e. The number of rotatable bonds is 2. The predicted octanol–water partition coefficient (Wildman–Crippen LogP) is 2.45. The summed E-state index contributed by atoms with van der Waals surface area (Å²) in [6, 6.07) is 8.61. The van der Waals surface area contributed by atoms with Crippen molar-refractivity contribution in [2.24, 2.45) is 0 Å². The van der Waals surface area contributed by atoms with Crippen LogP contribution in [0.1, 0.15) is 10.5 Å². The summed E-state index contributed by atoms with van der Waals surface area (Å²) in [6.07, 6.45) is 0. The molecule has 0 radical (unpaired) electrons. The Labute approximate surface area is 122 Å². The summed E-state index contributed by atoms with van der Waals surface area (Å²) in [7, 11) is 0. The molecule has 0 fully saturated rings. The first kappa shape index (κ1) is 13.9. The van der Waals surface area contributed by atoms with E-state index in [0.29, 0.717) is 11.2 Å². The number of nitrogens with one attached hydrogen (secondary N) is 2. The van der Waals surface area contributed by atoms with Gasteiger partial charge in [-0.1, -0.05) is 0 Å². The summed E-state index contributed by atoms with van der Waals surface area (Å²) in [5.74, 6) is -1.80. The molecule has 1 amide bonds. The molecule has 0 aliphatic carbocycles. The van der Waals surface area contributed by atoms with Gasteiger partial charge in [0.05, 0.1) is 10.9 Å². The summed E-state index contributed by atoms with van der Waals surface area (Å²) in [5.41, 5.74) is -0.452. The topological polar surface area (TPSA) is 74.8 Å². The zero-order valence-corrected chi connectivity index (χ0v) is 11.1. The van der Waals surface area contributed by atoms with Crippen molar-refractivity contribution in [3.8, 4) is 0 Å². The number of carbonyl (C=O) groups is 1. The highest BCUT2D eigenvalue weighted by Crippen LogP contribution is 2.11. The van der Waals surface area contributed by atoms with E-state index >= 15 is 0 Å². The predicted molar refractivity (Wildman–Crippen MR) is 76.7 cm³/mol. The highest BCUT2D eigenvalue weighted by molar-refractivity contribution is 6.04. The molecule has 3 rings (SSSR count). The van der Waals surface area contributed by atoms with Crippen molar-refractivity contribution < 1.29 is 13.6 Å². The molecular weight excluding hydrogens is 292 g/mol. The number of benzene rings is 2. The molecule has 0 aliphatic heterocycles. The van der Waals surface area contributed by atoms with E-state index in [1.807, 2.05) is 0 Å². The summed E-state index contributed by atoms with van der Waals surface area (Å²) >= 11 is 0. The Morgan fingerprint density at radius 3 is 2.45 bits per heavy atom. The number of anilines is 1. The lowest BCUT2D eigenvalue weighted by molar-refractivity contribution is 0.102. The maximum atomic E-state index is 13.2. The molecule has 110 valence electrons. The van der Waals surface area contributed by atoms with Crippen molar-refractivity contribution in [1.82, 2.24) is 10.2 Å². The monoisotopic (exact) mass is 301 g/mol. The normalized spacial score (nSPS) is 10.6. The first-order chi connectivity index (χ1) is 10.5. The van der Waals surface area contributed by atoms with Gasteiger partial charge >= 0.3 is 0 Å². The van der Waals surface area contributed by atoms with Crippen LogP contribution in [0.15, 0.2) is 47.3 Å². The molecule has 0 aliphatic rings. The summed E-state index contributed by atoms with van der Waals surface area (Å²) in [6.45, 7) is 0. The van der Waals surface area contributed by atoms with Gasteiger partial charge in [-0.3, -0.25) is 14.7 Å². The van der Waals surface area contributed by atoms with Crippen molar-refractivity contribution in [3.05, 3.63) is 70.0 Å². The number of carbonyl (C=O) groups excluding carboxylic acids is 1. The van der Waals surface area contributed by atoms with Crippen LogP contribution in [-0.4, -0.2) is 16.1 Å². The van der Waals surface area contributed by atoms with Crippen LogP contribution >= 0.6 is 0 Å². The van der Waals surface area contributed by atoms with Crippen LogP contribution in [-0.2, 0) is 0 Å². The first-order valence-corrected chi connectivity index (χ1v) is 6.29. The van der Waals surface area contributed by atoms with Crippen LogP contribution in [0.5, 0.6) is 0 Å². The lowest BCUT2D eigenvalue weighted by Gasteiger charge is -2.05. The summed E-state index contributed by atoms with van der Waals surface area (Å²) in [5, 5.41) is 8.68. The third-order valence-electron chi connectivity index (χ3n) is 3.05. The first-order valence-electron chi connectivity index (χ1n) is 6.29. The van der Waals surface area contributed by atoms with E-state index in [4.69, 9.17) is 0 Å². The highest BCUT2D eigenvalue weighted by Gasteiger charge is 2.15. The number of halogens is 2. The molecule has 2 aromatic carbocycles. The molecule has 5 nitrogen and oxygen atoms in total. The largest absolute Gasteiger partial charge is 0.320 e. The van der Waals surface area contributed by atoms with Gasteiger partial charge < -0.3 is 5.32 Å². The van der Waals surface area contributed by atoms with Gasteiger partial charge in [0.2, 0.25) is 5.43 Å². The minimum Gasteiger partial charge on any atom is -0.320 e. The van der Waals surface area contributed by atoms with E-state index in [-0.39, 0.29) is 5.39 Å². The number of aromatic nitrogens is 2. The smallest absolute Gasteiger partial charge is 0.280 e. The second kappa shape index (κ2) is 5.36. The van der Waals surface area contributed by atoms with E-state index < -0.39 is 28.7 Å². The SMILES string of the molecule is O=C(Nc1ccc(F)cc1)c1n[nH]c2ccc(F)cc2c1=O. The Morgan fingerprint density at radius 2 is 1.73 bits per heavy atom. The van der Waals surface area contributed by atoms with Gasteiger partial charge in [0.1, 0.15) is 11.6 Å². The zero-order chi connectivity index (χ0) is 15.7.